The molecule has 21 heavy (non-hydrogen) atoms. The van der Waals surface area contributed by atoms with E-state index in [4.69, 9.17) is 9.26 Å². The normalized spacial score (nSPS) is 11.0. The molecule has 0 saturated carbocycles. The molecule has 6 heteroatoms. The lowest BCUT2D eigenvalue weighted by Crippen LogP contribution is -1.96. The Morgan fingerprint density at radius 1 is 1.29 bits per heavy atom. The first-order valence-electron chi connectivity index (χ1n) is 6.70. The fourth-order valence-electron chi connectivity index (χ4n) is 2.05. The Bertz CT molecular complexity index is 733. The van der Waals surface area contributed by atoms with E-state index in [1.165, 1.54) is 0 Å². The van der Waals surface area contributed by atoms with Gasteiger partial charge in [-0.3, -0.25) is 0 Å². The smallest absolute Gasteiger partial charge is 0.261 e. The van der Waals surface area contributed by atoms with Crippen LogP contribution in [-0.2, 0) is 11.2 Å². The average Bonchev–Trinajstić information content (AvgIpc) is 3.14. The van der Waals surface area contributed by atoms with Gasteiger partial charge in [-0.25, -0.2) is 4.68 Å². The molecule has 6 nitrogen and oxygen atoms in total. The number of para-hydroxylation sites is 1. The van der Waals surface area contributed by atoms with Crippen LogP contribution in [0.2, 0.25) is 0 Å². The first-order valence-corrected chi connectivity index (χ1v) is 6.70. The van der Waals surface area contributed by atoms with Crippen LogP contribution in [0.3, 0.4) is 0 Å². The van der Waals surface area contributed by atoms with Gasteiger partial charge in [0.2, 0.25) is 0 Å². The highest BCUT2D eigenvalue weighted by Crippen LogP contribution is 2.19. The van der Waals surface area contributed by atoms with Gasteiger partial charge in [0.15, 0.2) is 5.82 Å². The van der Waals surface area contributed by atoms with Crippen molar-refractivity contribution >= 4 is 0 Å². The molecule has 0 saturated heterocycles. The summed E-state index contributed by atoms with van der Waals surface area (Å²) in [6.07, 6.45) is 4.24. The van der Waals surface area contributed by atoms with Gasteiger partial charge in [-0.15, -0.1) is 0 Å². The van der Waals surface area contributed by atoms with E-state index in [1.807, 2.05) is 42.1 Å². The lowest BCUT2D eigenvalue weighted by Gasteiger charge is -2.03. The third-order valence-corrected chi connectivity index (χ3v) is 3.19. The molecule has 0 atom stereocenters. The summed E-state index contributed by atoms with van der Waals surface area (Å²) in [6.45, 7) is 2.62. The van der Waals surface area contributed by atoms with E-state index in [1.54, 1.807) is 13.3 Å². The lowest BCUT2D eigenvalue weighted by molar-refractivity contribution is 0.199. The summed E-state index contributed by atoms with van der Waals surface area (Å²) in [4.78, 5) is 4.34. The zero-order valence-corrected chi connectivity index (χ0v) is 12.0. The van der Waals surface area contributed by atoms with Crippen LogP contribution in [0.1, 0.15) is 11.4 Å². The van der Waals surface area contributed by atoms with Crippen LogP contribution in [-0.4, -0.2) is 33.6 Å². The van der Waals surface area contributed by atoms with Gasteiger partial charge in [0.25, 0.3) is 5.89 Å². The summed E-state index contributed by atoms with van der Waals surface area (Å²) in [5.41, 5.74) is 2.98. The molecule has 3 aromatic rings. The summed E-state index contributed by atoms with van der Waals surface area (Å²) in [5.74, 6) is 1.11. The fourth-order valence-corrected chi connectivity index (χ4v) is 2.05. The maximum absolute atomic E-state index is 5.26. The Labute approximate surface area is 122 Å². The number of hydrogen-bond acceptors (Lipinski definition) is 5. The van der Waals surface area contributed by atoms with Crippen molar-refractivity contribution in [1.82, 2.24) is 19.9 Å². The first kappa shape index (κ1) is 13.5. The molecule has 0 amide bonds. The first-order chi connectivity index (χ1) is 10.3. The molecule has 0 spiro atoms. The number of aromatic nitrogens is 4. The van der Waals surface area contributed by atoms with Gasteiger partial charge >= 0.3 is 0 Å². The number of ether oxygens (including phenoxy) is 1. The molecule has 0 unspecified atom stereocenters. The maximum atomic E-state index is 5.26. The van der Waals surface area contributed by atoms with Gasteiger partial charge < -0.3 is 9.26 Å². The number of benzene rings is 1. The zero-order chi connectivity index (χ0) is 14.7. The van der Waals surface area contributed by atoms with Crippen molar-refractivity contribution in [1.29, 1.82) is 0 Å². The van der Waals surface area contributed by atoms with Crippen molar-refractivity contribution in [3.63, 3.8) is 0 Å². The highest BCUT2D eigenvalue weighted by Gasteiger charge is 2.12. The number of aryl methyl sites for hydroxylation is 1. The second kappa shape index (κ2) is 5.88. The van der Waals surface area contributed by atoms with Crippen molar-refractivity contribution in [2.45, 2.75) is 13.3 Å². The van der Waals surface area contributed by atoms with E-state index in [9.17, 15) is 0 Å². The van der Waals surface area contributed by atoms with Gasteiger partial charge in [-0.2, -0.15) is 10.1 Å². The summed E-state index contributed by atoms with van der Waals surface area (Å²) in [6, 6.07) is 8.05. The van der Waals surface area contributed by atoms with Crippen LogP contribution >= 0.6 is 0 Å². The molecular formula is C15H16N4O2. The molecular weight excluding hydrogens is 268 g/mol. The molecule has 2 aromatic heterocycles. The second-order valence-corrected chi connectivity index (χ2v) is 4.72. The van der Waals surface area contributed by atoms with Gasteiger partial charge in [-0.05, 0) is 18.6 Å². The standard InChI is InChI=1S/C15H16N4O2/c1-11-5-3-4-6-13(11)19-10-12(9-16-19)15-17-14(18-21-15)7-8-20-2/h3-6,9-10H,7-8H2,1-2H3. The third-order valence-electron chi connectivity index (χ3n) is 3.19. The van der Waals surface area contributed by atoms with Crippen molar-refractivity contribution in [2.24, 2.45) is 0 Å². The van der Waals surface area contributed by atoms with Crippen molar-refractivity contribution in [3.05, 3.63) is 48.0 Å². The van der Waals surface area contributed by atoms with Crippen LogP contribution in [0.15, 0.2) is 41.2 Å². The van der Waals surface area contributed by atoms with Crippen LogP contribution < -0.4 is 0 Å². The van der Waals surface area contributed by atoms with Crippen molar-refractivity contribution < 1.29 is 9.26 Å². The van der Waals surface area contributed by atoms with Gasteiger partial charge in [0.05, 0.1) is 24.1 Å². The van der Waals surface area contributed by atoms with Crippen molar-refractivity contribution in [3.8, 4) is 17.1 Å². The van der Waals surface area contributed by atoms with Crippen LogP contribution in [0, 0.1) is 6.92 Å². The molecule has 0 radical (unpaired) electrons. The minimum atomic E-state index is 0.473. The van der Waals surface area contributed by atoms with Gasteiger partial charge in [0, 0.05) is 19.7 Å². The van der Waals surface area contributed by atoms with E-state index in [0.717, 1.165) is 16.8 Å². The summed E-state index contributed by atoms with van der Waals surface area (Å²) < 4.78 is 12.1. The quantitative estimate of drug-likeness (QED) is 0.720. The fraction of sp³-hybridized carbons (Fsp3) is 0.267. The Balaban J connectivity index is 1.85. The minimum Gasteiger partial charge on any atom is -0.384 e. The Morgan fingerprint density at radius 2 is 2.14 bits per heavy atom. The van der Waals surface area contributed by atoms with E-state index >= 15 is 0 Å². The molecule has 1 aromatic carbocycles. The topological polar surface area (TPSA) is 66.0 Å². The van der Waals surface area contributed by atoms with Crippen LogP contribution in [0.5, 0.6) is 0 Å². The van der Waals surface area contributed by atoms with Crippen LogP contribution in [0.25, 0.3) is 17.1 Å². The molecule has 0 aliphatic carbocycles. The molecule has 3 rings (SSSR count). The molecule has 108 valence electrons. The molecule has 0 bridgehead atoms. The van der Waals surface area contributed by atoms with Gasteiger partial charge in [-0.1, -0.05) is 23.4 Å². The molecule has 0 fully saturated rings. The van der Waals surface area contributed by atoms with E-state index in [-0.39, 0.29) is 0 Å². The maximum Gasteiger partial charge on any atom is 0.261 e. The predicted molar refractivity (Wildman–Crippen MR) is 77.2 cm³/mol. The second-order valence-electron chi connectivity index (χ2n) is 4.72. The Kier molecular flexibility index (Phi) is 3.79. The van der Waals surface area contributed by atoms with Crippen molar-refractivity contribution in [2.75, 3.05) is 13.7 Å². The molecule has 0 aliphatic rings. The monoisotopic (exact) mass is 284 g/mol. The molecule has 2 heterocycles. The zero-order valence-electron chi connectivity index (χ0n) is 12.0. The average molecular weight is 284 g/mol. The Hall–Kier alpha value is -2.47. The predicted octanol–water partition coefficient (Wildman–Crippen LogP) is 2.42. The number of nitrogens with zero attached hydrogens (tertiary/aromatic N) is 4. The summed E-state index contributed by atoms with van der Waals surface area (Å²) in [5, 5.41) is 8.29. The van der Waals surface area contributed by atoms with E-state index in [2.05, 4.69) is 15.2 Å². The Morgan fingerprint density at radius 3 is 2.95 bits per heavy atom. The van der Waals surface area contributed by atoms with E-state index in [0.29, 0.717) is 24.7 Å². The largest absolute Gasteiger partial charge is 0.384 e. The highest BCUT2D eigenvalue weighted by molar-refractivity contribution is 5.52. The minimum absolute atomic E-state index is 0.473. The third kappa shape index (κ3) is 2.85. The summed E-state index contributed by atoms with van der Waals surface area (Å²) in [7, 11) is 1.65. The molecule has 0 N–H and O–H groups in total. The van der Waals surface area contributed by atoms with Gasteiger partial charge in [0.1, 0.15) is 0 Å². The molecule has 0 aliphatic heterocycles. The highest BCUT2D eigenvalue weighted by atomic mass is 16.5. The SMILES string of the molecule is COCCc1noc(-c2cnn(-c3ccccc3C)c2)n1. The number of rotatable bonds is 5. The number of methoxy groups -OCH3 is 1. The lowest BCUT2D eigenvalue weighted by atomic mass is 10.2. The summed E-state index contributed by atoms with van der Waals surface area (Å²) >= 11 is 0. The van der Waals surface area contributed by atoms with Crippen LogP contribution in [0.4, 0.5) is 0 Å². The number of hydrogen-bond donors (Lipinski definition) is 0. The van der Waals surface area contributed by atoms with E-state index < -0.39 is 0 Å².